The van der Waals surface area contributed by atoms with Gasteiger partial charge in [-0.3, -0.25) is 0 Å². The van der Waals surface area contributed by atoms with Crippen LogP contribution in [0.2, 0.25) is 0 Å². The average Bonchev–Trinajstić information content (AvgIpc) is 3.01. The van der Waals surface area contributed by atoms with Crippen molar-refractivity contribution in [3.8, 4) is 0 Å². The molecule has 0 aliphatic carbocycles. The summed E-state index contributed by atoms with van der Waals surface area (Å²) in [6.45, 7) is 6.60. The van der Waals surface area contributed by atoms with Gasteiger partial charge in [-0.1, -0.05) is 36.8 Å². The Bertz CT molecular complexity index is 490. The monoisotopic (exact) mass is 287 g/mol. The number of furan rings is 1. The molecule has 1 heterocycles. The summed E-state index contributed by atoms with van der Waals surface area (Å²) in [5.74, 6) is 0.883. The van der Waals surface area contributed by atoms with Gasteiger partial charge in [-0.2, -0.15) is 0 Å². The Kier molecular flexibility index (Phi) is 6.51. The van der Waals surface area contributed by atoms with Crippen LogP contribution in [-0.2, 0) is 11.3 Å². The van der Waals surface area contributed by atoms with Crippen molar-refractivity contribution < 1.29 is 9.15 Å². The molecule has 1 atom stereocenters. The Labute approximate surface area is 127 Å². The van der Waals surface area contributed by atoms with E-state index in [4.69, 9.17) is 9.15 Å². The summed E-state index contributed by atoms with van der Waals surface area (Å²) >= 11 is 0. The molecule has 1 N–H and O–H groups in total. The summed E-state index contributed by atoms with van der Waals surface area (Å²) in [6.07, 6.45) is 3.77. The van der Waals surface area contributed by atoms with Gasteiger partial charge in [-0.25, -0.2) is 0 Å². The summed E-state index contributed by atoms with van der Waals surface area (Å²) in [7, 11) is 0. The molecule has 114 valence electrons. The van der Waals surface area contributed by atoms with E-state index >= 15 is 0 Å². The number of hydrogen-bond acceptors (Lipinski definition) is 3. The van der Waals surface area contributed by atoms with Crippen molar-refractivity contribution in [3.63, 3.8) is 0 Å². The fourth-order valence-electron chi connectivity index (χ4n) is 2.31. The van der Waals surface area contributed by atoms with E-state index in [2.05, 4.69) is 43.4 Å². The van der Waals surface area contributed by atoms with Gasteiger partial charge in [-0.15, -0.1) is 0 Å². The minimum absolute atomic E-state index is 0.427. The first-order valence-electron chi connectivity index (χ1n) is 7.69. The van der Waals surface area contributed by atoms with Crippen molar-refractivity contribution in [2.45, 2.75) is 39.3 Å². The maximum Gasteiger partial charge on any atom is 0.129 e. The number of benzene rings is 1. The van der Waals surface area contributed by atoms with Crippen LogP contribution in [0.5, 0.6) is 0 Å². The third kappa shape index (κ3) is 5.37. The van der Waals surface area contributed by atoms with Crippen molar-refractivity contribution in [2.75, 3.05) is 13.2 Å². The highest BCUT2D eigenvalue weighted by Gasteiger charge is 2.07. The predicted molar refractivity (Wildman–Crippen MR) is 85.2 cm³/mol. The van der Waals surface area contributed by atoms with Crippen LogP contribution < -0.4 is 5.32 Å². The maximum absolute atomic E-state index is 5.58. The lowest BCUT2D eigenvalue weighted by Gasteiger charge is -2.17. The summed E-state index contributed by atoms with van der Waals surface area (Å²) in [5, 5.41) is 3.60. The van der Waals surface area contributed by atoms with Gasteiger partial charge < -0.3 is 14.5 Å². The van der Waals surface area contributed by atoms with E-state index in [1.54, 1.807) is 6.26 Å². The minimum atomic E-state index is 0.427. The highest BCUT2D eigenvalue weighted by atomic mass is 16.5. The van der Waals surface area contributed by atoms with E-state index < -0.39 is 0 Å². The van der Waals surface area contributed by atoms with Gasteiger partial charge in [0.25, 0.3) is 0 Å². The van der Waals surface area contributed by atoms with E-state index in [1.165, 1.54) is 11.1 Å². The molecule has 0 bridgehead atoms. The third-order valence-electron chi connectivity index (χ3n) is 3.57. The lowest BCUT2D eigenvalue weighted by molar-refractivity contribution is 0.103. The van der Waals surface area contributed by atoms with Crippen LogP contribution in [0.15, 0.2) is 47.1 Å². The predicted octanol–water partition coefficient (Wildman–Crippen LogP) is 4.24. The minimum Gasteiger partial charge on any atom is -0.467 e. The van der Waals surface area contributed by atoms with Crippen LogP contribution in [0, 0.1) is 6.92 Å². The van der Waals surface area contributed by atoms with Gasteiger partial charge in [0.2, 0.25) is 0 Å². The fourth-order valence-corrected chi connectivity index (χ4v) is 2.31. The van der Waals surface area contributed by atoms with E-state index in [0.29, 0.717) is 12.6 Å². The van der Waals surface area contributed by atoms with Gasteiger partial charge in [0, 0.05) is 12.6 Å². The molecule has 0 fully saturated rings. The molecule has 0 aliphatic rings. The van der Waals surface area contributed by atoms with E-state index in [-0.39, 0.29) is 0 Å². The molecule has 1 unspecified atom stereocenters. The summed E-state index contributed by atoms with van der Waals surface area (Å²) in [6, 6.07) is 13.0. The van der Waals surface area contributed by atoms with Crippen LogP contribution in [0.25, 0.3) is 0 Å². The molecule has 1 aromatic carbocycles. The Morgan fingerprint density at radius 2 is 2.00 bits per heavy atom. The van der Waals surface area contributed by atoms with Crippen LogP contribution in [0.3, 0.4) is 0 Å². The smallest absolute Gasteiger partial charge is 0.129 e. The number of aryl methyl sites for hydroxylation is 1. The molecular formula is C18H25NO2. The zero-order valence-electron chi connectivity index (χ0n) is 13.0. The zero-order valence-corrected chi connectivity index (χ0v) is 13.0. The number of ether oxygens (including phenoxy) is 1. The molecule has 0 saturated carbocycles. The molecule has 1 aromatic heterocycles. The normalized spacial score (nSPS) is 12.5. The first-order valence-corrected chi connectivity index (χ1v) is 7.69. The van der Waals surface area contributed by atoms with Crippen molar-refractivity contribution in [1.82, 2.24) is 5.32 Å². The number of nitrogens with one attached hydrogen (secondary N) is 1. The molecule has 0 aliphatic heterocycles. The summed E-state index contributed by atoms with van der Waals surface area (Å²) < 4.78 is 10.8. The number of hydrogen-bond donors (Lipinski definition) is 1. The maximum atomic E-state index is 5.58. The third-order valence-corrected chi connectivity index (χ3v) is 3.57. The Morgan fingerprint density at radius 3 is 2.67 bits per heavy atom. The molecule has 2 rings (SSSR count). The molecular weight excluding hydrogens is 262 g/mol. The van der Waals surface area contributed by atoms with Gasteiger partial charge in [-0.05, 0) is 44.0 Å². The van der Waals surface area contributed by atoms with Gasteiger partial charge >= 0.3 is 0 Å². The highest BCUT2D eigenvalue weighted by Crippen LogP contribution is 2.16. The SMILES string of the molecule is CCC(NCCCOCc1ccco1)c1ccc(C)cc1. The Morgan fingerprint density at radius 1 is 1.19 bits per heavy atom. The standard InChI is InChI=1S/C18H25NO2/c1-3-18(16-9-7-15(2)8-10-16)19-11-5-12-20-14-17-6-4-13-21-17/h4,6-10,13,18-19H,3,5,11-12,14H2,1-2H3. The first-order chi connectivity index (χ1) is 10.3. The summed E-state index contributed by atoms with van der Waals surface area (Å²) in [4.78, 5) is 0. The second-order valence-electron chi connectivity index (χ2n) is 5.31. The molecule has 0 radical (unpaired) electrons. The van der Waals surface area contributed by atoms with E-state index in [1.807, 2.05) is 12.1 Å². The topological polar surface area (TPSA) is 34.4 Å². The first kappa shape index (κ1) is 15.8. The van der Waals surface area contributed by atoms with Crippen molar-refractivity contribution >= 4 is 0 Å². The van der Waals surface area contributed by atoms with Gasteiger partial charge in [0.15, 0.2) is 0 Å². The largest absolute Gasteiger partial charge is 0.467 e. The number of rotatable bonds is 9. The molecule has 3 heteroatoms. The lowest BCUT2D eigenvalue weighted by atomic mass is 10.0. The molecule has 0 spiro atoms. The quantitative estimate of drug-likeness (QED) is 0.701. The molecule has 0 amide bonds. The Balaban J connectivity index is 1.63. The lowest BCUT2D eigenvalue weighted by Crippen LogP contribution is -2.22. The Hall–Kier alpha value is -1.58. The van der Waals surface area contributed by atoms with Crippen LogP contribution in [0.4, 0.5) is 0 Å². The highest BCUT2D eigenvalue weighted by molar-refractivity contribution is 5.24. The van der Waals surface area contributed by atoms with Crippen LogP contribution >= 0.6 is 0 Å². The fraction of sp³-hybridized carbons (Fsp3) is 0.444. The summed E-state index contributed by atoms with van der Waals surface area (Å²) in [5.41, 5.74) is 2.67. The average molecular weight is 287 g/mol. The van der Waals surface area contributed by atoms with Crippen LogP contribution in [0.1, 0.15) is 42.7 Å². The van der Waals surface area contributed by atoms with Gasteiger partial charge in [0.05, 0.1) is 6.26 Å². The van der Waals surface area contributed by atoms with E-state index in [9.17, 15) is 0 Å². The van der Waals surface area contributed by atoms with Gasteiger partial charge in [0.1, 0.15) is 12.4 Å². The van der Waals surface area contributed by atoms with Crippen molar-refractivity contribution in [3.05, 3.63) is 59.5 Å². The molecule has 3 nitrogen and oxygen atoms in total. The zero-order chi connectivity index (χ0) is 14.9. The van der Waals surface area contributed by atoms with E-state index in [0.717, 1.165) is 31.8 Å². The second-order valence-corrected chi connectivity index (χ2v) is 5.31. The molecule has 0 saturated heterocycles. The molecule has 21 heavy (non-hydrogen) atoms. The van der Waals surface area contributed by atoms with Crippen molar-refractivity contribution in [1.29, 1.82) is 0 Å². The molecule has 2 aromatic rings. The van der Waals surface area contributed by atoms with Crippen molar-refractivity contribution in [2.24, 2.45) is 0 Å². The van der Waals surface area contributed by atoms with Crippen LogP contribution in [-0.4, -0.2) is 13.2 Å². The second kappa shape index (κ2) is 8.65.